The molecule has 0 saturated heterocycles. The van der Waals surface area contributed by atoms with Crippen LogP contribution in [0.2, 0.25) is 0 Å². The lowest BCUT2D eigenvalue weighted by molar-refractivity contribution is -0.234. The first-order valence-electron chi connectivity index (χ1n) is 17.2. The zero-order valence-electron chi connectivity index (χ0n) is 27.9. The highest BCUT2D eigenvalue weighted by atomic mass is 16.6. The van der Waals surface area contributed by atoms with Crippen LogP contribution in [-0.2, 0) is 19.1 Å². The number of esters is 2. The lowest BCUT2D eigenvalue weighted by Gasteiger charge is -2.53. The fourth-order valence-corrected chi connectivity index (χ4v) is 9.36. The summed E-state index contributed by atoms with van der Waals surface area (Å²) < 4.78 is 12.3. The standard InChI is InChI=1S/C36H58O8/c1-7-8-9-10-11-12-13-14-15-16-17-18-29(39)43-32-24(3)35(42)27(30-33(5,6)36(30,32)44-25(4)38)20-26(22-37)21-34(41)28(35)19-23(2)31(34)40/h19-20,24,27-28,30-32,37,40-42H,7-18,21-22H2,1-6H3. The number of ether oxygens (including phenoxy) is 2. The molecule has 2 fully saturated rings. The molecule has 0 bridgehead atoms. The summed E-state index contributed by atoms with van der Waals surface area (Å²) in [5.74, 6) is -3.58. The van der Waals surface area contributed by atoms with E-state index in [4.69, 9.17) is 9.47 Å². The number of hydrogen-bond donors (Lipinski definition) is 4. The van der Waals surface area contributed by atoms with Crippen LogP contribution in [0.25, 0.3) is 0 Å². The van der Waals surface area contributed by atoms with Crippen molar-refractivity contribution in [3.05, 3.63) is 23.3 Å². The third-order valence-electron chi connectivity index (χ3n) is 11.7. The summed E-state index contributed by atoms with van der Waals surface area (Å²) in [6.45, 7) is 10.7. The SMILES string of the molecule is CCCCCCCCCCCCCC(=O)OC1C(C)C2(O)C(C=C(CO)CC3(O)C(O)C(C)=CC32)C2C(C)(C)C12OC(C)=O. The van der Waals surface area contributed by atoms with Gasteiger partial charge in [-0.2, -0.15) is 0 Å². The molecule has 0 amide bonds. The van der Waals surface area contributed by atoms with Crippen LogP contribution in [0.4, 0.5) is 0 Å². The average molecular weight is 619 g/mol. The molecule has 4 aliphatic carbocycles. The maximum atomic E-state index is 13.4. The van der Waals surface area contributed by atoms with Crippen LogP contribution in [-0.4, -0.2) is 68.0 Å². The fraction of sp³-hybridized carbons (Fsp3) is 0.833. The fourth-order valence-electron chi connectivity index (χ4n) is 9.36. The Bertz CT molecular complexity index is 1110. The lowest BCUT2D eigenvalue weighted by Crippen LogP contribution is -2.66. The molecular weight excluding hydrogens is 560 g/mol. The van der Waals surface area contributed by atoms with Gasteiger partial charge in [0.1, 0.15) is 17.8 Å². The Balaban J connectivity index is 1.50. The Morgan fingerprint density at radius 3 is 2.07 bits per heavy atom. The molecule has 44 heavy (non-hydrogen) atoms. The Morgan fingerprint density at radius 2 is 1.52 bits per heavy atom. The maximum Gasteiger partial charge on any atom is 0.306 e. The highest BCUT2D eigenvalue weighted by Crippen LogP contribution is 2.77. The molecule has 4 N–H and O–H groups in total. The summed E-state index contributed by atoms with van der Waals surface area (Å²) in [6, 6.07) is 0. The van der Waals surface area contributed by atoms with Gasteiger partial charge in [0.15, 0.2) is 5.60 Å². The molecule has 4 rings (SSSR count). The van der Waals surface area contributed by atoms with E-state index in [0.29, 0.717) is 17.6 Å². The number of carbonyl (C=O) groups excluding carboxylic acids is 2. The lowest BCUT2D eigenvalue weighted by atomic mass is 9.59. The number of aliphatic hydroxyl groups excluding tert-OH is 2. The van der Waals surface area contributed by atoms with Crippen molar-refractivity contribution in [2.24, 2.45) is 29.1 Å². The molecule has 4 aliphatic rings. The van der Waals surface area contributed by atoms with Gasteiger partial charge in [-0.15, -0.1) is 0 Å². The smallest absolute Gasteiger partial charge is 0.306 e. The van der Waals surface area contributed by atoms with Crippen LogP contribution in [0.3, 0.4) is 0 Å². The van der Waals surface area contributed by atoms with E-state index in [2.05, 4.69) is 6.92 Å². The predicted molar refractivity (Wildman–Crippen MR) is 168 cm³/mol. The third-order valence-corrected chi connectivity index (χ3v) is 11.7. The average Bonchev–Trinajstić information content (AvgIpc) is 3.38. The van der Waals surface area contributed by atoms with Crippen LogP contribution >= 0.6 is 0 Å². The quantitative estimate of drug-likeness (QED) is 0.107. The number of rotatable bonds is 15. The van der Waals surface area contributed by atoms with E-state index in [-0.39, 0.29) is 25.4 Å². The molecule has 8 nitrogen and oxygen atoms in total. The molecule has 9 unspecified atom stereocenters. The summed E-state index contributed by atoms with van der Waals surface area (Å²) in [5.41, 5.74) is -4.15. The minimum absolute atomic E-state index is 0.00821. The number of hydrogen-bond acceptors (Lipinski definition) is 8. The predicted octanol–water partition coefficient (Wildman–Crippen LogP) is 5.54. The molecule has 2 saturated carbocycles. The summed E-state index contributed by atoms with van der Waals surface area (Å²) in [5, 5.41) is 46.0. The Hall–Kier alpha value is -1.74. The van der Waals surface area contributed by atoms with Crippen molar-refractivity contribution in [3.63, 3.8) is 0 Å². The van der Waals surface area contributed by atoms with Gasteiger partial charge < -0.3 is 29.9 Å². The normalized spacial score (nSPS) is 38.4. The second-order valence-corrected chi connectivity index (χ2v) is 14.9. The molecule has 8 heteroatoms. The molecule has 0 heterocycles. The number of fused-ring (bicyclic) bond motifs is 5. The highest BCUT2D eigenvalue weighted by Gasteiger charge is 2.87. The topological polar surface area (TPSA) is 134 Å². The van der Waals surface area contributed by atoms with Crippen molar-refractivity contribution in [1.82, 2.24) is 0 Å². The minimum Gasteiger partial charge on any atom is -0.458 e. The van der Waals surface area contributed by atoms with Crippen LogP contribution in [0.1, 0.15) is 125 Å². The number of unbranched alkanes of at least 4 members (excludes halogenated alkanes) is 10. The van der Waals surface area contributed by atoms with E-state index in [9.17, 15) is 30.0 Å². The molecule has 0 aromatic heterocycles. The van der Waals surface area contributed by atoms with Gasteiger partial charge in [-0.1, -0.05) is 104 Å². The van der Waals surface area contributed by atoms with Gasteiger partial charge in [0.2, 0.25) is 0 Å². The Kier molecular flexibility index (Phi) is 10.8. The first kappa shape index (κ1) is 35.1. The summed E-state index contributed by atoms with van der Waals surface area (Å²) in [7, 11) is 0. The summed E-state index contributed by atoms with van der Waals surface area (Å²) in [4.78, 5) is 25.9. The van der Waals surface area contributed by atoms with Gasteiger partial charge in [-0.3, -0.25) is 9.59 Å². The summed E-state index contributed by atoms with van der Waals surface area (Å²) in [6.07, 6.45) is 14.5. The van der Waals surface area contributed by atoms with Crippen molar-refractivity contribution in [2.75, 3.05) is 6.61 Å². The van der Waals surface area contributed by atoms with Gasteiger partial charge in [-0.05, 0) is 24.5 Å². The van der Waals surface area contributed by atoms with E-state index < -0.39 is 64.1 Å². The second-order valence-electron chi connectivity index (χ2n) is 14.9. The van der Waals surface area contributed by atoms with E-state index in [0.717, 1.165) is 19.3 Å². The molecular formula is C36H58O8. The summed E-state index contributed by atoms with van der Waals surface area (Å²) >= 11 is 0. The first-order chi connectivity index (χ1) is 20.7. The largest absolute Gasteiger partial charge is 0.458 e. The van der Waals surface area contributed by atoms with Crippen LogP contribution in [0.15, 0.2) is 23.3 Å². The van der Waals surface area contributed by atoms with E-state index in [1.807, 2.05) is 19.9 Å². The number of carbonyl (C=O) groups is 2. The minimum atomic E-state index is -1.74. The Labute approximate surface area is 264 Å². The van der Waals surface area contributed by atoms with Gasteiger partial charge in [0.25, 0.3) is 0 Å². The molecule has 0 radical (unpaired) electrons. The molecule has 250 valence electrons. The van der Waals surface area contributed by atoms with Crippen molar-refractivity contribution >= 4 is 11.9 Å². The molecule has 0 aliphatic heterocycles. The maximum absolute atomic E-state index is 13.4. The van der Waals surface area contributed by atoms with Gasteiger partial charge in [0.05, 0.1) is 12.2 Å². The van der Waals surface area contributed by atoms with Crippen molar-refractivity contribution in [2.45, 2.75) is 154 Å². The third kappa shape index (κ3) is 5.93. The van der Waals surface area contributed by atoms with Crippen molar-refractivity contribution in [3.8, 4) is 0 Å². The van der Waals surface area contributed by atoms with Crippen LogP contribution < -0.4 is 0 Å². The number of aliphatic hydroxyl groups is 4. The van der Waals surface area contributed by atoms with Crippen molar-refractivity contribution in [1.29, 1.82) is 0 Å². The van der Waals surface area contributed by atoms with Crippen LogP contribution in [0, 0.1) is 29.1 Å². The zero-order chi connectivity index (χ0) is 32.5. The first-order valence-corrected chi connectivity index (χ1v) is 17.2. The molecule has 0 aromatic carbocycles. The van der Waals surface area contributed by atoms with Crippen LogP contribution in [0.5, 0.6) is 0 Å². The zero-order valence-corrected chi connectivity index (χ0v) is 27.9. The molecule has 0 spiro atoms. The van der Waals surface area contributed by atoms with E-state index >= 15 is 0 Å². The van der Waals surface area contributed by atoms with Gasteiger partial charge in [-0.25, -0.2) is 0 Å². The Morgan fingerprint density at radius 1 is 0.955 bits per heavy atom. The molecule has 9 atom stereocenters. The van der Waals surface area contributed by atoms with E-state index in [1.54, 1.807) is 19.9 Å². The second kappa shape index (κ2) is 13.5. The van der Waals surface area contributed by atoms with Gasteiger partial charge >= 0.3 is 11.9 Å². The van der Waals surface area contributed by atoms with E-state index in [1.165, 1.54) is 51.9 Å². The van der Waals surface area contributed by atoms with Crippen molar-refractivity contribution < 1.29 is 39.5 Å². The highest BCUT2D eigenvalue weighted by molar-refractivity contribution is 5.71. The monoisotopic (exact) mass is 618 g/mol. The van der Waals surface area contributed by atoms with Gasteiger partial charge in [0, 0.05) is 48.9 Å². The molecule has 0 aromatic rings.